The fourth-order valence-electron chi connectivity index (χ4n) is 3.32. The number of carboxylic acid groups (broad SMARTS) is 1. The van der Waals surface area contributed by atoms with Crippen molar-refractivity contribution in [1.29, 1.82) is 0 Å². The van der Waals surface area contributed by atoms with E-state index >= 15 is 0 Å². The van der Waals surface area contributed by atoms with Crippen LogP contribution >= 0.6 is 11.6 Å². The fraction of sp³-hybridized carbons (Fsp3) is 0.208. The van der Waals surface area contributed by atoms with Crippen molar-refractivity contribution in [2.75, 3.05) is 13.1 Å². The summed E-state index contributed by atoms with van der Waals surface area (Å²) in [5.74, 6) is -1.94. The summed E-state index contributed by atoms with van der Waals surface area (Å²) in [6.45, 7) is 1.07. The zero-order valence-corrected chi connectivity index (χ0v) is 19.2. The van der Waals surface area contributed by atoms with E-state index in [1.54, 1.807) is 30.3 Å². The van der Waals surface area contributed by atoms with Crippen molar-refractivity contribution in [3.8, 4) is 5.75 Å². The second kappa shape index (κ2) is 12.7. The van der Waals surface area contributed by atoms with Gasteiger partial charge in [-0.1, -0.05) is 35.9 Å². The van der Waals surface area contributed by atoms with E-state index in [2.05, 4.69) is 5.32 Å². The molecule has 3 rings (SSSR count). The van der Waals surface area contributed by atoms with Crippen molar-refractivity contribution >= 4 is 57.0 Å². The van der Waals surface area contributed by atoms with E-state index in [-0.39, 0.29) is 44.9 Å². The third kappa shape index (κ3) is 7.29. The van der Waals surface area contributed by atoms with Crippen LogP contribution < -0.4 is 5.32 Å². The molecule has 0 fully saturated rings. The van der Waals surface area contributed by atoms with Crippen LogP contribution in [0.5, 0.6) is 5.75 Å². The molecule has 0 bridgehead atoms. The Morgan fingerprint density at radius 2 is 1.68 bits per heavy atom. The van der Waals surface area contributed by atoms with E-state index in [9.17, 15) is 23.4 Å². The Labute approximate surface area is 225 Å². The van der Waals surface area contributed by atoms with Crippen molar-refractivity contribution < 1.29 is 28.5 Å². The maximum absolute atomic E-state index is 12.8. The molecule has 0 spiro atoms. The SMILES string of the molecule is O=C(O)c1ccc(S(=O)(=O)c2ccc(CCCNC[C@@H](O)c3cccc(Cl)c3)cc2)cc1O.[NaH]. The maximum atomic E-state index is 12.8. The fourth-order valence-corrected chi connectivity index (χ4v) is 4.80. The van der Waals surface area contributed by atoms with Crippen molar-refractivity contribution in [2.45, 2.75) is 28.7 Å². The van der Waals surface area contributed by atoms with Gasteiger partial charge in [0.15, 0.2) is 0 Å². The van der Waals surface area contributed by atoms with Gasteiger partial charge in [0.05, 0.1) is 15.9 Å². The number of aromatic carboxylic acids is 1. The van der Waals surface area contributed by atoms with Gasteiger partial charge in [-0.05, 0) is 73.0 Å². The topological polar surface area (TPSA) is 124 Å². The molecule has 7 nitrogen and oxygen atoms in total. The van der Waals surface area contributed by atoms with Gasteiger partial charge in [0.2, 0.25) is 9.84 Å². The van der Waals surface area contributed by atoms with Gasteiger partial charge in [-0.3, -0.25) is 0 Å². The average Bonchev–Trinajstić information content (AvgIpc) is 2.78. The Bertz CT molecular complexity index is 1230. The van der Waals surface area contributed by atoms with Gasteiger partial charge < -0.3 is 20.6 Å². The van der Waals surface area contributed by atoms with Gasteiger partial charge in [0, 0.05) is 11.6 Å². The molecule has 3 aromatic carbocycles. The number of carboxylic acids is 1. The number of aryl methyl sites for hydroxylation is 1. The molecule has 4 N–H and O–H groups in total. The van der Waals surface area contributed by atoms with Crippen molar-refractivity contribution in [1.82, 2.24) is 5.32 Å². The van der Waals surface area contributed by atoms with Crippen LogP contribution in [0, 0.1) is 0 Å². The van der Waals surface area contributed by atoms with Crippen molar-refractivity contribution in [2.24, 2.45) is 0 Å². The normalized spacial score (nSPS) is 12.1. The number of aliphatic hydroxyl groups is 1. The Hall–Kier alpha value is -1.91. The minimum atomic E-state index is -3.89. The van der Waals surface area contributed by atoms with Gasteiger partial charge in [-0.2, -0.15) is 0 Å². The third-order valence-corrected chi connectivity index (χ3v) is 7.14. The molecular weight excluding hydrogens is 489 g/mol. The summed E-state index contributed by atoms with van der Waals surface area (Å²) >= 11 is 5.94. The minimum absolute atomic E-state index is 0. The molecule has 0 unspecified atom stereocenters. The number of rotatable bonds is 10. The second-order valence-corrected chi connectivity index (χ2v) is 9.90. The first-order valence-corrected chi connectivity index (χ1v) is 12.1. The van der Waals surface area contributed by atoms with E-state index in [4.69, 9.17) is 16.7 Å². The molecule has 0 amide bonds. The number of carbonyl (C=O) groups is 1. The number of phenols is 1. The van der Waals surface area contributed by atoms with Crippen LogP contribution in [0.3, 0.4) is 0 Å². The first kappa shape index (κ1) is 28.3. The van der Waals surface area contributed by atoms with Gasteiger partial charge in [-0.15, -0.1) is 0 Å². The van der Waals surface area contributed by atoms with Gasteiger partial charge >= 0.3 is 35.5 Å². The summed E-state index contributed by atoms with van der Waals surface area (Å²) in [6, 6.07) is 16.7. The third-order valence-electron chi connectivity index (χ3n) is 5.13. The molecule has 0 aliphatic heterocycles. The molecule has 0 saturated heterocycles. The first-order chi connectivity index (χ1) is 15.7. The molecule has 0 aromatic heterocycles. The summed E-state index contributed by atoms with van der Waals surface area (Å²) in [7, 11) is -3.89. The summed E-state index contributed by atoms with van der Waals surface area (Å²) in [5, 5.41) is 32.7. The van der Waals surface area contributed by atoms with Crippen LogP contribution in [-0.4, -0.2) is 72.4 Å². The predicted octanol–water partition coefficient (Wildman–Crippen LogP) is 3.18. The molecule has 3 aromatic rings. The summed E-state index contributed by atoms with van der Waals surface area (Å²) in [6.07, 6.45) is 0.852. The van der Waals surface area contributed by atoms with Crippen LogP contribution in [0.4, 0.5) is 0 Å². The molecule has 10 heteroatoms. The van der Waals surface area contributed by atoms with Crippen molar-refractivity contribution in [3.63, 3.8) is 0 Å². The molecule has 0 aliphatic carbocycles. The quantitative estimate of drug-likeness (QED) is 0.242. The monoisotopic (exact) mass is 513 g/mol. The van der Waals surface area contributed by atoms with Crippen LogP contribution in [0.1, 0.15) is 34.0 Å². The van der Waals surface area contributed by atoms with E-state index < -0.39 is 27.7 Å². The van der Waals surface area contributed by atoms with Gasteiger partial charge in [0.1, 0.15) is 11.3 Å². The summed E-state index contributed by atoms with van der Waals surface area (Å²) in [4.78, 5) is 10.9. The molecule has 0 saturated carbocycles. The van der Waals surface area contributed by atoms with E-state index in [0.29, 0.717) is 24.5 Å². The van der Waals surface area contributed by atoms with Crippen LogP contribution in [0.2, 0.25) is 5.02 Å². The first-order valence-electron chi connectivity index (χ1n) is 10.2. The van der Waals surface area contributed by atoms with Gasteiger partial charge in [0.25, 0.3) is 0 Å². The molecule has 176 valence electrons. The number of aliphatic hydroxyl groups excluding tert-OH is 1. The molecule has 34 heavy (non-hydrogen) atoms. The Kier molecular flexibility index (Phi) is 10.6. The number of hydrogen-bond acceptors (Lipinski definition) is 6. The number of hydrogen-bond donors (Lipinski definition) is 4. The standard InChI is InChI=1S/C24H24ClNO6S.Na.H/c25-18-5-1-4-17(13-18)23(28)15-26-12-2-3-16-6-8-19(9-7-16)33(31,32)20-10-11-21(24(29)30)22(27)14-20;;/h1,4-11,13-14,23,26-28H,2-3,12,15H2,(H,29,30);;/t23-;;/m1../s1. The summed E-state index contributed by atoms with van der Waals surface area (Å²) in [5.41, 5.74) is 1.34. The van der Waals surface area contributed by atoms with E-state index in [0.717, 1.165) is 35.7 Å². The zero-order valence-electron chi connectivity index (χ0n) is 17.6. The number of sulfone groups is 1. The van der Waals surface area contributed by atoms with E-state index in [1.807, 2.05) is 6.07 Å². The zero-order chi connectivity index (χ0) is 24.0. The van der Waals surface area contributed by atoms with Crippen molar-refractivity contribution in [3.05, 3.63) is 88.4 Å². The molecule has 1 atom stereocenters. The van der Waals surface area contributed by atoms with Crippen LogP contribution in [-0.2, 0) is 16.3 Å². The summed E-state index contributed by atoms with van der Waals surface area (Å²) < 4.78 is 25.6. The number of halogens is 1. The average molecular weight is 514 g/mol. The molecule has 0 aliphatic rings. The molecule has 0 radical (unpaired) electrons. The second-order valence-electron chi connectivity index (χ2n) is 7.51. The Balaban J connectivity index is 0.00000408. The van der Waals surface area contributed by atoms with Gasteiger partial charge in [-0.25, -0.2) is 13.2 Å². The van der Waals surface area contributed by atoms with E-state index in [1.165, 1.54) is 12.1 Å². The Morgan fingerprint density at radius 1 is 1.00 bits per heavy atom. The number of benzene rings is 3. The molecular formula is C24H25ClNNaO6S. The van der Waals surface area contributed by atoms with Crippen LogP contribution in [0.15, 0.2) is 76.5 Å². The number of nitrogens with one attached hydrogen (secondary N) is 1. The predicted molar refractivity (Wildman–Crippen MR) is 132 cm³/mol. The van der Waals surface area contributed by atoms with Crippen LogP contribution in [0.25, 0.3) is 0 Å². The molecule has 0 heterocycles. The Morgan fingerprint density at radius 3 is 2.29 bits per heavy atom. The number of aromatic hydroxyl groups is 1.